The lowest BCUT2D eigenvalue weighted by atomic mass is 9.96. The topological polar surface area (TPSA) is 60.9 Å². The monoisotopic (exact) mass is 316 g/mol. The summed E-state index contributed by atoms with van der Waals surface area (Å²) in [6, 6.07) is 8.28. The zero-order valence-corrected chi connectivity index (χ0v) is 13.6. The molecule has 2 aliphatic heterocycles. The molecule has 124 valence electrons. The van der Waals surface area contributed by atoms with Crippen LogP contribution in [-0.2, 0) is 16.0 Å². The Balaban J connectivity index is 1.72. The van der Waals surface area contributed by atoms with Gasteiger partial charge in [-0.2, -0.15) is 0 Å². The van der Waals surface area contributed by atoms with Crippen LogP contribution < -0.4 is 4.90 Å². The number of aryl methyl sites for hydroxylation is 1. The number of hydrogen-bond acceptors (Lipinski definition) is 3. The van der Waals surface area contributed by atoms with E-state index in [1.54, 1.807) is 0 Å². The predicted octanol–water partition coefficient (Wildman–Crippen LogP) is 2.15. The fourth-order valence-electron chi connectivity index (χ4n) is 3.74. The molecule has 2 heterocycles. The standard InChI is InChI=1S/C18H24N2O3/c1-13-8-9-14-5-2-3-7-16(14)20(13)17(21)12-19-10-4-6-15(11-19)18(22)23/h2-3,5,7,13,15H,4,6,8-12H2,1H3,(H,22,23). The predicted molar refractivity (Wildman–Crippen MR) is 88.5 cm³/mol. The van der Waals surface area contributed by atoms with E-state index in [1.165, 1.54) is 5.56 Å². The number of piperidine rings is 1. The van der Waals surface area contributed by atoms with Crippen molar-refractivity contribution in [2.75, 3.05) is 24.5 Å². The quantitative estimate of drug-likeness (QED) is 0.928. The van der Waals surface area contributed by atoms with Crippen LogP contribution in [0.25, 0.3) is 0 Å². The highest BCUT2D eigenvalue weighted by Crippen LogP contribution is 2.30. The summed E-state index contributed by atoms with van der Waals surface area (Å²) >= 11 is 0. The fraction of sp³-hybridized carbons (Fsp3) is 0.556. The van der Waals surface area contributed by atoms with Gasteiger partial charge in [-0.15, -0.1) is 0 Å². The second kappa shape index (κ2) is 6.71. The number of benzene rings is 1. The van der Waals surface area contributed by atoms with E-state index in [1.807, 2.05) is 28.0 Å². The lowest BCUT2D eigenvalue weighted by molar-refractivity contribution is -0.144. The summed E-state index contributed by atoms with van der Waals surface area (Å²) in [7, 11) is 0. The first-order chi connectivity index (χ1) is 11.1. The van der Waals surface area contributed by atoms with Crippen LogP contribution in [-0.4, -0.2) is 47.6 Å². The number of rotatable bonds is 3. The van der Waals surface area contributed by atoms with Gasteiger partial charge in [0.15, 0.2) is 0 Å². The average Bonchev–Trinajstić information content (AvgIpc) is 2.54. The largest absolute Gasteiger partial charge is 0.481 e. The van der Waals surface area contributed by atoms with E-state index in [9.17, 15) is 14.7 Å². The number of nitrogens with zero attached hydrogens (tertiary/aromatic N) is 2. The molecule has 1 N–H and O–H groups in total. The Morgan fingerprint density at radius 3 is 2.83 bits per heavy atom. The van der Waals surface area contributed by atoms with Gasteiger partial charge in [0.05, 0.1) is 12.5 Å². The number of fused-ring (bicyclic) bond motifs is 1. The Bertz CT molecular complexity index is 602. The first-order valence-corrected chi connectivity index (χ1v) is 8.41. The summed E-state index contributed by atoms with van der Waals surface area (Å²) in [5, 5.41) is 9.19. The van der Waals surface area contributed by atoms with Gasteiger partial charge in [-0.25, -0.2) is 0 Å². The normalized spacial score (nSPS) is 25.0. The third kappa shape index (κ3) is 3.39. The highest BCUT2D eigenvalue weighted by molar-refractivity contribution is 5.96. The molecule has 0 aromatic heterocycles. The molecule has 1 saturated heterocycles. The Labute approximate surface area is 136 Å². The van der Waals surface area contributed by atoms with E-state index in [0.717, 1.165) is 31.5 Å². The third-order valence-electron chi connectivity index (χ3n) is 5.01. The van der Waals surface area contributed by atoms with Gasteiger partial charge >= 0.3 is 5.97 Å². The first kappa shape index (κ1) is 16.0. The van der Waals surface area contributed by atoms with Crippen LogP contribution in [0.5, 0.6) is 0 Å². The van der Waals surface area contributed by atoms with Crippen molar-refractivity contribution < 1.29 is 14.7 Å². The lowest BCUT2D eigenvalue weighted by Gasteiger charge is -2.37. The molecule has 2 unspecified atom stereocenters. The summed E-state index contributed by atoms with van der Waals surface area (Å²) < 4.78 is 0. The van der Waals surface area contributed by atoms with Gasteiger partial charge in [-0.05, 0) is 50.8 Å². The summed E-state index contributed by atoms with van der Waals surface area (Å²) in [4.78, 5) is 27.9. The van der Waals surface area contributed by atoms with Crippen LogP contribution in [0.3, 0.4) is 0 Å². The molecule has 0 saturated carbocycles. The maximum absolute atomic E-state index is 12.9. The first-order valence-electron chi connectivity index (χ1n) is 8.41. The summed E-state index contributed by atoms with van der Waals surface area (Å²) in [5.74, 6) is -1.02. The number of carbonyl (C=O) groups excluding carboxylic acids is 1. The van der Waals surface area contributed by atoms with E-state index >= 15 is 0 Å². The van der Waals surface area contributed by atoms with Crippen molar-refractivity contribution in [2.45, 2.75) is 38.6 Å². The van der Waals surface area contributed by atoms with Crippen molar-refractivity contribution in [3.63, 3.8) is 0 Å². The number of amides is 1. The molecule has 3 rings (SSSR count). The molecule has 1 aromatic rings. The highest BCUT2D eigenvalue weighted by atomic mass is 16.4. The van der Waals surface area contributed by atoms with Crippen molar-refractivity contribution in [3.05, 3.63) is 29.8 Å². The number of hydrogen-bond donors (Lipinski definition) is 1. The minimum Gasteiger partial charge on any atom is -0.481 e. The van der Waals surface area contributed by atoms with Crippen molar-refractivity contribution >= 4 is 17.6 Å². The molecule has 5 nitrogen and oxygen atoms in total. The summed E-state index contributed by atoms with van der Waals surface area (Å²) in [6.07, 6.45) is 3.53. The Morgan fingerprint density at radius 1 is 1.26 bits per heavy atom. The smallest absolute Gasteiger partial charge is 0.307 e. The maximum atomic E-state index is 12.9. The number of para-hydroxylation sites is 1. The van der Waals surface area contributed by atoms with Gasteiger partial charge in [0.1, 0.15) is 0 Å². The molecule has 2 atom stereocenters. The van der Waals surface area contributed by atoms with Crippen LogP contribution >= 0.6 is 0 Å². The maximum Gasteiger partial charge on any atom is 0.307 e. The number of aliphatic carboxylic acids is 1. The molecule has 0 radical (unpaired) electrons. The Morgan fingerprint density at radius 2 is 2.04 bits per heavy atom. The molecule has 0 aliphatic carbocycles. The van der Waals surface area contributed by atoms with Gasteiger partial charge < -0.3 is 10.0 Å². The number of likely N-dealkylation sites (tertiary alicyclic amines) is 1. The second-order valence-electron chi connectivity index (χ2n) is 6.69. The zero-order valence-electron chi connectivity index (χ0n) is 13.6. The van der Waals surface area contributed by atoms with Crippen LogP contribution in [0, 0.1) is 5.92 Å². The number of carboxylic acid groups (broad SMARTS) is 1. The molecule has 2 aliphatic rings. The summed E-state index contributed by atoms with van der Waals surface area (Å²) in [6.45, 7) is 3.68. The molecule has 1 aromatic carbocycles. The Kier molecular flexibility index (Phi) is 4.66. The molecule has 1 amide bonds. The van der Waals surface area contributed by atoms with Crippen molar-refractivity contribution in [2.24, 2.45) is 5.92 Å². The van der Waals surface area contributed by atoms with Gasteiger partial charge in [-0.1, -0.05) is 18.2 Å². The number of carbonyl (C=O) groups is 2. The van der Waals surface area contributed by atoms with Crippen LogP contribution in [0.4, 0.5) is 5.69 Å². The minimum absolute atomic E-state index is 0.0793. The zero-order chi connectivity index (χ0) is 16.4. The fourth-order valence-corrected chi connectivity index (χ4v) is 3.74. The van der Waals surface area contributed by atoms with E-state index in [2.05, 4.69) is 13.0 Å². The summed E-state index contributed by atoms with van der Waals surface area (Å²) in [5.41, 5.74) is 2.24. The minimum atomic E-state index is -0.751. The van der Waals surface area contributed by atoms with E-state index in [4.69, 9.17) is 0 Å². The molecule has 5 heteroatoms. The van der Waals surface area contributed by atoms with Crippen LogP contribution in [0.1, 0.15) is 31.7 Å². The van der Waals surface area contributed by atoms with E-state index in [-0.39, 0.29) is 17.9 Å². The number of carboxylic acids is 1. The van der Waals surface area contributed by atoms with E-state index < -0.39 is 5.97 Å². The van der Waals surface area contributed by atoms with E-state index in [0.29, 0.717) is 19.5 Å². The third-order valence-corrected chi connectivity index (χ3v) is 5.01. The SMILES string of the molecule is CC1CCc2ccccc2N1C(=O)CN1CCCC(C(=O)O)C1. The lowest BCUT2D eigenvalue weighted by Crippen LogP contribution is -2.49. The molecular weight excluding hydrogens is 292 g/mol. The van der Waals surface area contributed by atoms with Crippen LogP contribution in [0.2, 0.25) is 0 Å². The van der Waals surface area contributed by atoms with Gasteiger partial charge in [-0.3, -0.25) is 14.5 Å². The second-order valence-corrected chi connectivity index (χ2v) is 6.69. The van der Waals surface area contributed by atoms with Gasteiger partial charge in [0.25, 0.3) is 0 Å². The molecule has 1 fully saturated rings. The van der Waals surface area contributed by atoms with Crippen LogP contribution in [0.15, 0.2) is 24.3 Å². The van der Waals surface area contributed by atoms with Crippen molar-refractivity contribution in [1.82, 2.24) is 4.90 Å². The average molecular weight is 316 g/mol. The molecule has 0 spiro atoms. The Hall–Kier alpha value is -1.88. The highest BCUT2D eigenvalue weighted by Gasteiger charge is 2.31. The van der Waals surface area contributed by atoms with Gasteiger partial charge in [0.2, 0.25) is 5.91 Å². The van der Waals surface area contributed by atoms with Crippen molar-refractivity contribution in [1.29, 1.82) is 0 Å². The molecule has 23 heavy (non-hydrogen) atoms. The number of anilines is 1. The molecular formula is C18H24N2O3. The molecule has 0 bridgehead atoms. The van der Waals surface area contributed by atoms with Crippen molar-refractivity contribution in [3.8, 4) is 0 Å². The van der Waals surface area contributed by atoms with Gasteiger partial charge in [0, 0.05) is 18.3 Å².